The van der Waals surface area contributed by atoms with Crippen LogP contribution in [0, 0.1) is 10.1 Å². The van der Waals surface area contributed by atoms with Crippen LogP contribution in [0.2, 0.25) is 0 Å². The van der Waals surface area contributed by atoms with Crippen LogP contribution < -0.4 is 4.74 Å². The molecule has 0 aliphatic carbocycles. The third-order valence-electron chi connectivity index (χ3n) is 5.33. The molecule has 1 saturated heterocycles. The molecule has 1 aliphatic heterocycles. The van der Waals surface area contributed by atoms with Crippen molar-refractivity contribution in [3.8, 4) is 5.75 Å². The number of hydrogen-bond acceptors (Lipinski definition) is 7. The fourth-order valence-electron chi connectivity index (χ4n) is 3.72. The second-order valence-electron chi connectivity index (χ2n) is 9.26. The SMILES string of the molecule is CC(C)(C)OC(=O)N1CCC[C@H]1C(=O)CN(Cc1ccccc1)C(=O)Oc1ccc([N+](=O)[O-])cc1. The van der Waals surface area contributed by atoms with Crippen molar-refractivity contribution >= 4 is 23.7 Å². The smallest absolute Gasteiger partial charge is 0.415 e. The monoisotopic (exact) mass is 483 g/mol. The van der Waals surface area contributed by atoms with Crippen molar-refractivity contribution in [2.24, 2.45) is 0 Å². The van der Waals surface area contributed by atoms with E-state index in [1.807, 2.05) is 30.3 Å². The normalized spacial score (nSPS) is 15.4. The lowest BCUT2D eigenvalue weighted by atomic mass is 10.1. The summed E-state index contributed by atoms with van der Waals surface area (Å²) in [6, 6.07) is 13.5. The molecule has 0 N–H and O–H groups in total. The Hall–Kier alpha value is -3.95. The summed E-state index contributed by atoms with van der Waals surface area (Å²) in [7, 11) is 0. The number of carbonyl (C=O) groups is 3. The molecule has 0 saturated carbocycles. The topological polar surface area (TPSA) is 119 Å². The number of ether oxygens (including phenoxy) is 2. The van der Waals surface area contributed by atoms with Gasteiger partial charge in [0.2, 0.25) is 0 Å². The van der Waals surface area contributed by atoms with E-state index in [2.05, 4.69) is 0 Å². The highest BCUT2D eigenvalue weighted by atomic mass is 16.6. The summed E-state index contributed by atoms with van der Waals surface area (Å²) in [5.41, 5.74) is -0.0396. The largest absolute Gasteiger partial charge is 0.444 e. The summed E-state index contributed by atoms with van der Waals surface area (Å²) in [5, 5.41) is 10.9. The van der Waals surface area contributed by atoms with Crippen LogP contribution in [0.15, 0.2) is 54.6 Å². The number of amides is 2. The fourth-order valence-corrected chi connectivity index (χ4v) is 3.72. The third-order valence-corrected chi connectivity index (χ3v) is 5.33. The minimum absolute atomic E-state index is 0.109. The van der Waals surface area contributed by atoms with Gasteiger partial charge in [0, 0.05) is 25.2 Å². The first-order valence-corrected chi connectivity index (χ1v) is 11.3. The summed E-state index contributed by atoms with van der Waals surface area (Å²) in [5.74, 6) is -0.188. The van der Waals surface area contributed by atoms with Crippen molar-refractivity contribution in [1.29, 1.82) is 0 Å². The number of likely N-dealkylation sites (tertiary alicyclic amines) is 1. The molecule has 0 bridgehead atoms. The van der Waals surface area contributed by atoms with Crippen LogP contribution in [0.5, 0.6) is 5.75 Å². The number of hydrogen-bond donors (Lipinski definition) is 0. The lowest BCUT2D eigenvalue weighted by Crippen LogP contribution is -2.47. The van der Waals surface area contributed by atoms with Crippen LogP contribution in [-0.2, 0) is 16.1 Å². The molecule has 0 unspecified atom stereocenters. The second-order valence-corrected chi connectivity index (χ2v) is 9.26. The van der Waals surface area contributed by atoms with Crippen molar-refractivity contribution in [2.75, 3.05) is 13.1 Å². The molecule has 0 spiro atoms. The number of non-ortho nitro benzene ring substituents is 1. The minimum atomic E-state index is -0.780. The zero-order chi connectivity index (χ0) is 25.6. The van der Waals surface area contributed by atoms with E-state index in [0.29, 0.717) is 19.4 Å². The van der Waals surface area contributed by atoms with Gasteiger partial charge in [-0.15, -0.1) is 0 Å². The van der Waals surface area contributed by atoms with E-state index in [0.717, 1.165) is 5.56 Å². The van der Waals surface area contributed by atoms with Gasteiger partial charge in [-0.3, -0.25) is 24.7 Å². The molecule has 3 rings (SSSR count). The van der Waals surface area contributed by atoms with Gasteiger partial charge in [-0.05, 0) is 51.3 Å². The number of ketones is 1. The number of nitro groups is 1. The number of rotatable bonds is 7. The van der Waals surface area contributed by atoms with E-state index in [-0.39, 0.29) is 30.3 Å². The highest BCUT2D eigenvalue weighted by Gasteiger charge is 2.37. The van der Waals surface area contributed by atoms with Gasteiger partial charge in [0.25, 0.3) is 5.69 Å². The van der Waals surface area contributed by atoms with Crippen LogP contribution >= 0.6 is 0 Å². The Morgan fingerprint density at radius 2 is 1.74 bits per heavy atom. The molecule has 10 nitrogen and oxygen atoms in total. The van der Waals surface area contributed by atoms with Crippen LogP contribution in [-0.4, -0.2) is 57.4 Å². The van der Waals surface area contributed by atoms with Crippen LogP contribution in [0.1, 0.15) is 39.2 Å². The van der Waals surface area contributed by atoms with Gasteiger partial charge in [-0.2, -0.15) is 0 Å². The second kappa shape index (κ2) is 11.0. The highest BCUT2D eigenvalue weighted by molar-refractivity contribution is 5.91. The maximum Gasteiger partial charge on any atom is 0.415 e. The number of nitrogens with zero attached hydrogens (tertiary/aromatic N) is 3. The molecular weight excluding hydrogens is 454 g/mol. The van der Waals surface area contributed by atoms with E-state index in [1.54, 1.807) is 20.8 Å². The Labute approximate surface area is 203 Å². The summed E-state index contributed by atoms with van der Waals surface area (Å²) in [6.07, 6.45) is -0.203. The minimum Gasteiger partial charge on any atom is -0.444 e. The van der Waals surface area contributed by atoms with Gasteiger partial charge in [0.1, 0.15) is 11.4 Å². The average Bonchev–Trinajstić information content (AvgIpc) is 3.29. The summed E-state index contributed by atoms with van der Waals surface area (Å²) in [4.78, 5) is 51.8. The van der Waals surface area contributed by atoms with E-state index < -0.39 is 28.8 Å². The van der Waals surface area contributed by atoms with Crippen LogP contribution in [0.4, 0.5) is 15.3 Å². The molecule has 35 heavy (non-hydrogen) atoms. The first kappa shape index (κ1) is 25.7. The summed E-state index contributed by atoms with van der Waals surface area (Å²) in [6.45, 7) is 5.51. The van der Waals surface area contributed by atoms with Crippen LogP contribution in [0.25, 0.3) is 0 Å². The first-order chi connectivity index (χ1) is 16.5. The lowest BCUT2D eigenvalue weighted by Gasteiger charge is -2.29. The quantitative estimate of drug-likeness (QED) is 0.418. The summed E-state index contributed by atoms with van der Waals surface area (Å²) >= 11 is 0. The van der Waals surface area contributed by atoms with Crippen LogP contribution in [0.3, 0.4) is 0 Å². The lowest BCUT2D eigenvalue weighted by molar-refractivity contribution is -0.384. The van der Waals surface area contributed by atoms with Gasteiger partial charge in [-0.1, -0.05) is 30.3 Å². The zero-order valence-corrected chi connectivity index (χ0v) is 20.0. The molecule has 0 radical (unpaired) electrons. The zero-order valence-electron chi connectivity index (χ0n) is 20.0. The van der Waals surface area contributed by atoms with Crippen molar-refractivity contribution in [2.45, 2.75) is 51.8 Å². The van der Waals surface area contributed by atoms with Crippen molar-refractivity contribution < 1.29 is 28.8 Å². The van der Waals surface area contributed by atoms with Crippen molar-refractivity contribution in [3.63, 3.8) is 0 Å². The number of Topliss-reactive ketones (excluding diaryl/α,β-unsaturated/α-hetero) is 1. The predicted molar refractivity (Wildman–Crippen MR) is 127 cm³/mol. The molecule has 1 aliphatic rings. The van der Waals surface area contributed by atoms with Gasteiger partial charge < -0.3 is 9.47 Å². The number of nitro benzene ring substituents is 1. The highest BCUT2D eigenvalue weighted by Crippen LogP contribution is 2.23. The van der Waals surface area contributed by atoms with E-state index in [1.165, 1.54) is 34.1 Å². The summed E-state index contributed by atoms with van der Waals surface area (Å²) < 4.78 is 10.8. The van der Waals surface area contributed by atoms with E-state index >= 15 is 0 Å². The Morgan fingerprint density at radius 3 is 2.34 bits per heavy atom. The van der Waals surface area contributed by atoms with Gasteiger partial charge >= 0.3 is 12.2 Å². The number of benzene rings is 2. The molecule has 1 heterocycles. The fraction of sp³-hybridized carbons (Fsp3) is 0.400. The molecule has 2 aromatic rings. The molecule has 0 aromatic heterocycles. The third kappa shape index (κ3) is 7.26. The Balaban J connectivity index is 1.74. The Morgan fingerprint density at radius 1 is 1.09 bits per heavy atom. The maximum absolute atomic E-state index is 13.2. The molecule has 2 aromatic carbocycles. The average molecular weight is 484 g/mol. The molecule has 2 amide bonds. The van der Waals surface area contributed by atoms with Gasteiger partial charge in [-0.25, -0.2) is 9.59 Å². The maximum atomic E-state index is 13.2. The van der Waals surface area contributed by atoms with Crippen molar-refractivity contribution in [3.05, 3.63) is 70.3 Å². The molecular formula is C25H29N3O7. The molecule has 1 atom stereocenters. The van der Waals surface area contributed by atoms with E-state index in [9.17, 15) is 24.5 Å². The molecule has 10 heteroatoms. The van der Waals surface area contributed by atoms with Crippen molar-refractivity contribution in [1.82, 2.24) is 9.80 Å². The van der Waals surface area contributed by atoms with E-state index in [4.69, 9.17) is 9.47 Å². The Bertz CT molecular complexity index is 1060. The van der Waals surface area contributed by atoms with Gasteiger partial charge in [0.15, 0.2) is 5.78 Å². The molecule has 1 fully saturated rings. The standard InChI is InChI=1S/C25H29N3O7/c1-25(2,3)35-24(31)27-15-7-10-21(27)22(29)17-26(16-18-8-5-4-6-9-18)23(30)34-20-13-11-19(12-14-20)28(32)33/h4-6,8-9,11-14,21H,7,10,15-17H2,1-3H3/t21-/m0/s1. The predicted octanol–water partition coefficient (Wildman–Crippen LogP) is 4.56. The van der Waals surface area contributed by atoms with Gasteiger partial charge in [0.05, 0.1) is 17.5 Å². The number of carbonyl (C=O) groups excluding carboxylic acids is 3. The molecule has 186 valence electrons. The first-order valence-electron chi connectivity index (χ1n) is 11.3. The Kier molecular flexibility index (Phi) is 8.06.